The number of rotatable bonds is 4. The van der Waals surface area contributed by atoms with Gasteiger partial charge in [-0.2, -0.15) is 18.3 Å². The number of carbonyl (C=O) groups excluding carboxylic acids is 1. The third-order valence-corrected chi connectivity index (χ3v) is 6.37. The number of hydrogen-bond acceptors (Lipinski definition) is 5. The number of aromatic nitrogens is 3. The van der Waals surface area contributed by atoms with Gasteiger partial charge in [0.1, 0.15) is 5.82 Å². The average Bonchev–Trinajstić information content (AvgIpc) is 3.20. The molecule has 2 aromatic heterocycles. The van der Waals surface area contributed by atoms with Crippen LogP contribution in [0.25, 0.3) is 5.69 Å². The molecule has 1 N–H and O–H groups in total. The molecule has 0 aliphatic carbocycles. The number of pyridine rings is 1. The fourth-order valence-electron chi connectivity index (χ4n) is 3.65. The van der Waals surface area contributed by atoms with Crippen molar-refractivity contribution >= 4 is 21.6 Å². The molecular weight excluding hydrogens is 478 g/mol. The molecule has 1 aromatic carbocycles. The summed E-state index contributed by atoms with van der Waals surface area (Å²) in [6.07, 6.45) is -1.42. The van der Waals surface area contributed by atoms with Crippen LogP contribution >= 0.6 is 0 Å². The zero-order chi connectivity index (χ0) is 24.7. The van der Waals surface area contributed by atoms with E-state index in [1.165, 1.54) is 41.3 Å². The van der Waals surface area contributed by atoms with E-state index in [9.17, 15) is 30.8 Å². The molecule has 0 fully saturated rings. The maximum absolute atomic E-state index is 13.7. The van der Waals surface area contributed by atoms with E-state index in [4.69, 9.17) is 0 Å². The highest BCUT2D eigenvalue weighted by molar-refractivity contribution is 7.90. The lowest BCUT2D eigenvalue weighted by Gasteiger charge is -2.33. The molecule has 1 atom stereocenters. The first-order chi connectivity index (χ1) is 15.9. The number of nitrogens with zero attached hydrogens (tertiary/aromatic N) is 4. The Morgan fingerprint density at radius 2 is 1.91 bits per heavy atom. The molecule has 1 aliphatic rings. The number of anilines is 1. The normalized spacial score (nSPS) is 16.3. The van der Waals surface area contributed by atoms with Crippen LogP contribution in [0.4, 0.5) is 28.0 Å². The van der Waals surface area contributed by atoms with E-state index in [2.05, 4.69) is 15.4 Å². The van der Waals surface area contributed by atoms with E-state index >= 15 is 0 Å². The van der Waals surface area contributed by atoms with E-state index in [-0.39, 0.29) is 23.0 Å². The lowest BCUT2D eigenvalue weighted by atomic mass is 9.96. The van der Waals surface area contributed by atoms with Crippen molar-refractivity contribution < 1.29 is 30.8 Å². The molecule has 0 bridgehead atoms. The molecule has 13 heteroatoms. The van der Waals surface area contributed by atoms with Gasteiger partial charge in [0.05, 0.1) is 29.2 Å². The van der Waals surface area contributed by atoms with Crippen molar-refractivity contribution in [1.29, 1.82) is 0 Å². The van der Waals surface area contributed by atoms with Gasteiger partial charge in [-0.1, -0.05) is 0 Å². The molecule has 180 valence electrons. The number of carbonyl (C=O) groups is 1. The van der Waals surface area contributed by atoms with E-state index in [0.29, 0.717) is 11.3 Å². The molecule has 2 amide bonds. The fourth-order valence-corrected chi connectivity index (χ4v) is 4.27. The van der Waals surface area contributed by atoms with Crippen molar-refractivity contribution in [2.45, 2.75) is 24.2 Å². The summed E-state index contributed by atoms with van der Waals surface area (Å²) in [6.45, 7) is -0.735. The number of halogens is 4. The van der Waals surface area contributed by atoms with Gasteiger partial charge < -0.3 is 5.32 Å². The topological polar surface area (TPSA) is 97.2 Å². The van der Waals surface area contributed by atoms with Gasteiger partial charge in [0.15, 0.2) is 14.9 Å². The van der Waals surface area contributed by atoms with Gasteiger partial charge in [0.25, 0.3) is 0 Å². The third kappa shape index (κ3) is 4.88. The Hall–Kier alpha value is -3.48. The Bertz CT molecular complexity index is 1320. The van der Waals surface area contributed by atoms with E-state index in [0.717, 1.165) is 23.3 Å². The highest BCUT2D eigenvalue weighted by Gasteiger charge is 2.46. The van der Waals surface area contributed by atoms with Crippen LogP contribution in [0, 0.1) is 11.7 Å². The highest BCUT2D eigenvalue weighted by Crippen LogP contribution is 2.38. The average molecular weight is 497 g/mol. The van der Waals surface area contributed by atoms with Crippen molar-refractivity contribution in [3.8, 4) is 5.69 Å². The summed E-state index contributed by atoms with van der Waals surface area (Å²) < 4.78 is 78.9. The van der Waals surface area contributed by atoms with Gasteiger partial charge in [-0.15, -0.1) is 0 Å². The quantitative estimate of drug-likeness (QED) is 0.558. The third-order valence-electron chi connectivity index (χ3n) is 5.38. The van der Waals surface area contributed by atoms with Gasteiger partial charge in [0, 0.05) is 32.0 Å². The first-order valence-electron chi connectivity index (χ1n) is 10.0. The van der Waals surface area contributed by atoms with Crippen molar-refractivity contribution in [3.05, 3.63) is 65.9 Å². The Labute approximate surface area is 192 Å². The monoisotopic (exact) mass is 497 g/mol. The lowest BCUT2D eigenvalue weighted by Crippen LogP contribution is -2.48. The van der Waals surface area contributed by atoms with Crippen LogP contribution in [0.2, 0.25) is 0 Å². The summed E-state index contributed by atoms with van der Waals surface area (Å²) in [5.74, 6) is -2.34. The molecule has 0 spiro atoms. The SMILES string of the molecule is CS(=O)(=O)c1cc(CNC(=O)N2CC(C(F)(F)F)Cc3c2cnn3-c2ccc(F)cc2)ccn1. The van der Waals surface area contributed by atoms with Crippen molar-refractivity contribution in [3.63, 3.8) is 0 Å². The number of benzene rings is 1. The maximum Gasteiger partial charge on any atom is 0.393 e. The number of hydrogen-bond donors (Lipinski definition) is 1. The zero-order valence-corrected chi connectivity index (χ0v) is 18.6. The first-order valence-corrected chi connectivity index (χ1v) is 11.9. The molecule has 8 nitrogen and oxygen atoms in total. The highest BCUT2D eigenvalue weighted by atomic mass is 32.2. The van der Waals surface area contributed by atoms with Gasteiger partial charge in [-0.05, 0) is 42.0 Å². The fraction of sp³-hybridized carbons (Fsp3) is 0.286. The Kier molecular flexibility index (Phi) is 6.06. The maximum atomic E-state index is 13.7. The summed E-state index contributed by atoms with van der Waals surface area (Å²) in [5, 5.41) is 6.48. The molecular formula is C21H19F4N5O3S. The van der Waals surface area contributed by atoms with E-state index in [1.54, 1.807) is 0 Å². The number of sulfone groups is 1. The van der Waals surface area contributed by atoms with Crippen LogP contribution in [0.3, 0.4) is 0 Å². The van der Waals surface area contributed by atoms with Crippen molar-refractivity contribution in [1.82, 2.24) is 20.1 Å². The second-order valence-electron chi connectivity index (χ2n) is 7.85. The minimum absolute atomic E-state index is 0.126. The standard InChI is InChI=1S/C21H19F4N5O3S/c1-34(32,33)19-8-13(6-7-26-19)10-27-20(31)29-12-14(21(23,24)25)9-17-18(29)11-28-30(17)16-4-2-15(22)3-5-16/h2-8,11,14H,9-10,12H2,1H3,(H,27,31). The molecule has 3 heterocycles. The Balaban J connectivity index is 1.61. The van der Waals surface area contributed by atoms with Crippen molar-refractivity contribution in [2.75, 3.05) is 17.7 Å². The summed E-state index contributed by atoms with van der Waals surface area (Å²) in [4.78, 5) is 17.6. The van der Waals surface area contributed by atoms with E-state index < -0.39 is 46.7 Å². The predicted octanol–water partition coefficient (Wildman–Crippen LogP) is 3.26. The van der Waals surface area contributed by atoms with Gasteiger partial charge >= 0.3 is 12.2 Å². The minimum atomic E-state index is -4.57. The van der Waals surface area contributed by atoms with Crippen LogP contribution in [0.1, 0.15) is 11.3 Å². The van der Waals surface area contributed by atoms with E-state index in [1.807, 2.05) is 0 Å². The molecule has 3 aromatic rings. The summed E-state index contributed by atoms with van der Waals surface area (Å²) in [6, 6.07) is 7.06. The van der Waals surface area contributed by atoms with Crippen LogP contribution in [0.15, 0.2) is 53.8 Å². The Morgan fingerprint density at radius 3 is 2.56 bits per heavy atom. The molecule has 0 saturated carbocycles. The predicted molar refractivity (Wildman–Crippen MR) is 114 cm³/mol. The van der Waals surface area contributed by atoms with Crippen molar-refractivity contribution in [2.24, 2.45) is 5.92 Å². The first kappa shape index (κ1) is 23.7. The Morgan fingerprint density at radius 1 is 1.21 bits per heavy atom. The van der Waals surface area contributed by atoms with Gasteiger partial charge in [0.2, 0.25) is 0 Å². The van der Waals surface area contributed by atoms with Crippen LogP contribution in [0.5, 0.6) is 0 Å². The lowest BCUT2D eigenvalue weighted by molar-refractivity contribution is -0.172. The van der Waals surface area contributed by atoms with Crippen LogP contribution < -0.4 is 10.2 Å². The molecule has 1 unspecified atom stereocenters. The second kappa shape index (κ2) is 8.70. The van der Waals surface area contributed by atoms with Crippen LogP contribution in [-0.2, 0) is 22.8 Å². The zero-order valence-electron chi connectivity index (χ0n) is 17.8. The smallest absolute Gasteiger partial charge is 0.334 e. The molecule has 1 aliphatic heterocycles. The molecule has 4 rings (SSSR count). The van der Waals surface area contributed by atoms with Gasteiger partial charge in [-0.3, -0.25) is 4.90 Å². The van der Waals surface area contributed by atoms with Crippen LogP contribution in [-0.4, -0.2) is 48.2 Å². The molecule has 0 radical (unpaired) electrons. The van der Waals surface area contributed by atoms with Gasteiger partial charge in [-0.25, -0.2) is 27.3 Å². The number of urea groups is 1. The second-order valence-corrected chi connectivity index (χ2v) is 9.81. The number of amides is 2. The summed E-state index contributed by atoms with van der Waals surface area (Å²) in [5.41, 5.74) is 1.14. The molecule has 34 heavy (non-hydrogen) atoms. The number of fused-ring (bicyclic) bond motifs is 1. The summed E-state index contributed by atoms with van der Waals surface area (Å²) in [7, 11) is -3.57. The minimum Gasteiger partial charge on any atom is -0.334 e. The number of nitrogens with one attached hydrogen (secondary N) is 1. The largest absolute Gasteiger partial charge is 0.393 e. The summed E-state index contributed by atoms with van der Waals surface area (Å²) >= 11 is 0. The molecule has 0 saturated heterocycles. The number of alkyl halides is 3.